The number of para-hydroxylation sites is 2. The molecule has 0 spiro atoms. The molecule has 0 N–H and O–H groups in total. The van der Waals surface area contributed by atoms with Crippen LogP contribution >= 0.6 is 11.8 Å². The highest BCUT2D eigenvalue weighted by Crippen LogP contribution is 2.24. The van der Waals surface area contributed by atoms with Crippen molar-refractivity contribution in [3.05, 3.63) is 54.3 Å². The topological polar surface area (TPSA) is 38.1 Å². The van der Waals surface area contributed by atoms with Gasteiger partial charge < -0.3 is 9.47 Å². The van der Waals surface area contributed by atoms with E-state index >= 15 is 0 Å². The molecule has 6 heteroatoms. The molecule has 124 valence electrons. The van der Waals surface area contributed by atoms with Crippen LogP contribution in [0.4, 0.5) is 10.1 Å². The summed E-state index contributed by atoms with van der Waals surface area (Å²) >= 11 is 1.41. The Bertz CT molecular complexity index is 860. The van der Waals surface area contributed by atoms with Gasteiger partial charge in [0.1, 0.15) is 5.82 Å². The third kappa shape index (κ3) is 3.28. The summed E-state index contributed by atoms with van der Waals surface area (Å²) in [5.41, 5.74) is 2.66. The lowest BCUT2D eigenvalue weighted by molar-refractivity contribution is -0.116. The maximum atomic E-state index is 13.1. The van der Waals surface area contributed by atoms with Gasteiger partial charge in [0.05, 0.1) is 16.8 Å². The van der Waals surface area contributed by atoms with Crippen molar-refractivity contribution >= 4 is 34.4 Å². The Kier molecular flexibility index (Phi) is 4.85. The largest absolute Gasteiger partial charge is 0.322 e. The second kappa shape index (κ2) is 7.05. The van der Waals surface area contributed by atoms with Gasteiger partial charge in [-0.25, -0.2) is 9.37 Å². The normalized spacial score (nSPS) is 11.0. The summed E-state index contributed by atoms with van der Waals surface area (Å²) in [4.78, 5) is 18.7. The van der Waals surface area contributed by atoms with E-state index in [2.05, 4.69) is 4.98 Å². The highest BCUT2D eigenvalue weighted by atomic mass is 32.2. The number of hydrogen-bond acceptors (Lipinski definition) is 3. The SMILES string of the molecule is CCN(C(=O)CSc1nc2ccccc2n1C)c1ccc(F)cc1. The van der Waals surface area contributed by atoms with Gasteiger partial charge in [-0.3, -0.25) is 4.79 Å². The zero-order chi connectivity index (χ0) is 17.1. The number of hydrogen-bond donors (Lipinski definition) is 0. The molecule has 0 saturated carbocycles. The van der Waals surface area contributed by atoms with E-state index < -0.39 is 0 Å². The molecule has 4 nitrogen and oxygen atoms in total. The zero-order valence-electron chi connectivity index (χ0n) is 13.6. The van der Waals surface area contributed by atoms with Crippen LogP contribution in [0.1, 0.15) is 6.92 Å². The van der Waals surface area contributed by atoms with E-state index in [1.165, 1.54) is 23.9 Å². The van der Waals surface area contributed by atoms with Crippen molar-refractivity contribution in [3.63, 3.8) is 0 Å². The second-order valence-electron chi connectivity index (χ2n) is 5.35. The van der Waals surface area contributed by atoms with E-state index in [9.17, 15) is 9.18 Å². The van der Waals surface area contributed by atoms with Crippen molar-refractivity contribution in [2.75, 3.05) is 17.2 Å². The molecule has 0 fully saturated rings. The minimum absolute atomic E-state index is 0.0267. The molecule has 0 bridgehead atoms. The Balaban J connectivity index is 1.73. The monoisotopic (exact) mass is 343 g/mol. The first-order chi connectivity index (χ1) is 11.6. The Morgan fingerprint density at radius 1 is 1.21 bits per heavy atom. The van der Waals surface area contributed by atoms with E-state index in [0.29, 0.717) is 12.2 Å². The number of halogens is 1. The summed E-state index contributed by atoms with van der Waals surface area (Å²) in [7, 11) is 1.94. The summed E-state index contributed by atoms with van der Waals surface area (Å²) < 4.78 is 15.0. The fourth-order valence-corrected chi connectivity index (χ4v) is 3.44. The first kappa shape index (κ1) is 16.5. The molecule has 3 aromatic rings. The molecule has 0 aliphatic carbocycles. The minimum Gasteiger partial charge on any atom is -0.322 e. The van der Waals surface area contributed by atoms with Crippen molar-refractivity contribution < 1.29 is 9.18 Å². The fraction of sp³-hybridized carbons (Fsp3) is 0.222. The molecule has 24 heavy (non-hydrogen) atoms. The number of aromatic nitrogens is 2. The fourth-order valence-electron chi connectivity index (χ4n) is 2.58. The average Bonchev–Trinajstić information content (AvgIpc) is 2.92. The summed E-state index contributed by atoms with van der Waals surface area (Å²) in [6.07, 6.45) is 0. The highest BCUT2D eigenvalue weighted by Gasteiger charge is 2.16. The van der Waals surface area contributed by atoms with Gasteiger partial charge in [-0.05, 0) is 43.3 Å². The molecule has 0 unspecified atom stereocenters. The number of imidazole rings is 1. The average molecular weight is 343 g/mol. The van der Waals surface area contributed by atoms with Crippen LogP contribution in [0.15, 0.2) is 53.7 Å². The van der Waals surface area contributed by atoms with Gasteiger partial charge in [0, 0.05) is 19.3 Å². The quantitative estimate of drug-likeness (QED) is 0.660. The standard InChI is InChI=1S/C18H18FN3OS/c1-3-22(14-10-8-13(19)9-11-14)17(23)12-24-18-20-15-6-4-5-7-16(15)21(18)2/h4-11H,3,12H2,1-2H3. The van der Waals surface area contributed by atoms with E-state index in [-0.39, 0.29) is 17.5 Å². The van der Waals surface area contributed by atoms with Crippen LogP contribution in [0, 0.1) is 5.82 Å². The van der Waals surface area contributed by atoms with Crippen LogP contribution in [0.25, 0.3) is 11.0 Å². The van der Waals surface area contributed by atoms with Crippen LogP contribution in [-0.4, -0.2) is 27.8 Å². The predicted molar refractivity (Wildman–Crippen MR) is 95.9 cm³/mol. The first-order valence-corrected chi connectivity index (χ1v) is 8.69. The molecule has 1 aromatic heterocycles. The first-order valence-electron chi connectivity index (χ1n) is 7.70. The maximum absolute atomic E-state index is 13.1. The van der Waals surface area contributed by atoms with Crippen molar-refractivity contribution in [2.45, 2.75) is 12.1 Å². The van der Waals surface area contributed by atoms with E-state index in [1.807, 2.05) is 42.8 Å². The van der Waals surface area contributed by atoms with Gasteiger partial charge in [0.15, 0.2) is 5.16 Å². The van der Waals surface area contributed by atoms with E-state index in [0.717, 1.165) is 16.2 Å². The van der Waals surface area contributed by atoms with Crippen LogP contribution < -0.4 is 4.90 Å². The Morgan fingerprint density at radius 3 is 2.58 bits per heavy atom. The number of carbonyl (C=O) groups excluding carboxylic acids is 1. The van der Waals surface area contributed by atoms with Gasteiger partial charge in [-0.15, -0.1) is 0 Å². The Morgan fingerprint density at radius 2 is 1.92 bits per heavy atom. The van der Waals surface area contributed by atoms with Crippen LogP contribution in [0.5, 0.6) is 0 Å². The number of fused-ring (bicyclic) bond motifs is 1. The van der Waals surface area contributed by atoms with Crippen LogP contribution in [0.2, 0.25) is 0 Å². The number of anilines is 1. The number of amides is 1. The molecule has 0 aliphatic rings. The second-order valence-corrected chi connectivity index (χ2v) is 6.29. The summed E-state index contributed by atoms with van der Waals surface area (Å²) in [6.45, 7) is 2.44. The lowest BCUT2D eigenvalue weighted by atomic mass is 10.3. The van der Waals surface area contributed by atoms with Crippen LogP contribution in [-0.2, 0) is 11.8 Å². The summed E-state index contributed by atoms with van der Waals surface area (Å²) in [5.74, 6) is -0.0555. The number of benzene rings is 2. The summed E-state index contributed by atoms with van der Waals surface area (Å²) in [5, 5.41) is 0.805. The van der Waals surface area contributed by atoms with Crippen molar-refractivity contribution in [1.29, 1.82) is 0 Å². The number of thioether (sulfide) groups is 1. The van der Waals surface area contributed by atoms with Gasteiger partial charge in [0.25, 0.3) is 0 Å². The zero-order valence-corrected chi connectivity index (χ0v) is 14.4. The molecular weight excluding hydrogens is 325 g/mol. The van der Waals surface area contributed by atoms with Crippen molar-refractivity contribution in [1.82, 2.24) is 9.55 Å². The van der Waals surface area contributed by atoms with Gasteiger partial charge in [0.2, 0.25) is 5.91 Å². The number of rotatable bonds is 5. The number of nitrogens with zero attached hydrogens (tertiary/aromatic N) is 3. The van der Waals surface area contributed by atoms with Crippen LogP contribution in [0.3, 0.4) is 0 Å². The molecule has 0 saturated heterocycles. The van der Waals surface area contributed by atoms with Crippen molar-refractivity contribution in [2.24, 2.45) is 7.05 Å². The predicted octanol–water partition coefficient (Wildman–Crippen LogP) is 3.86. The number of carbonyl (C=O) groups is 1. The minimum atomic E-state index is -0.309. The number of aryl methyl sites for hydroxylation is 1. The van der Waals surface area contributed by atoms with Crippen molar-refractivity contribution in [3.8, 4) is 0 Å². The van der Waals surface area contributed by atoms with Gasteiger partial charge in [-0.1, -0.05) is 23.9 Å². The lowest BCUT2D eigenvalue weighted by Gasteiger charge is -2.20. The molecule has 1 amide bonds. The smallest absolute Gasteiger partial charge is 0.237 e. The molecule has 0 aliphatic heterocycles. The molecule has 1 heterocycles. The molecule has 0 radical (unpaired) electrons. The Labute approximate surface area is 144 Å². The molecule has 2 aromatic carbocycles. The highest BCUT2D eigenvalue weighted by molar-refractivity contribution is 7.99. The Hall–Kier alpha value is -2.34. The van der Waals surface area contributed by atoms with Gasteiger partial charge >= 0.3 is 0 Å². The molecule has 0 atom stereocenters. The van der Waals surface area contributed by atoms with E-state index in [4.69, 9.17) is 0 Å². The van der Waals surface area contributed by atoms with Gasteiger partial charge in [-0.2, -0.15) is 0 Å². The molecular formula is C18H18FN3OS. The maximum Gasteiger partial charge on any atom is 0.237 e. The summed E-state index contributed by atoms with van der Waals surface area (Å²) in [6, 6.07) is 13.9. The molecule has 3 rings (SSSR count). The lowest BCUT2D eigenvalue weighted by Crippen LogP contribution is -2.32. The van der Waals surface area contributed by atoms with E-state index in [1.54, 1.807) is 17.0 Å². The third-order valence-electron chi connectivity index (χ3n) is 3.83. The third-order valence-corrected chi connectivity index (χ3v) is 4.84.